The molecule has 0 amide bonds. The number of anilines is 1. The van der Waals surface area contributed by atoms with Gasteiger partial charge in [-0.1, -0.05) is 19.1 Å². The van der Waals surface area contributed by atoms with E-state index in [1.807, 2.05) is 6.07 Å². The average molecular weight is 258 g/mol. The molecule has 0 aliphatic heterocycles. The van der Waals surface area contributed by atoms with E-state index < -0.39 is 11.5 Å². The smallest absolute Gasteiger partial charge is 0.329 e. The molecule has 0 atom stereocenters. The fourth-order valence-corrected chi connectivity index (χ4v) is 2.59. The van der Waals surface area contributed by atoms with Crippen LogP contribution in [0.1, 0.15) is 38.2 Å². The Kier molecular flexibility index (Phi) is 3.75. The summed E-state index contributed by atoms with van der Waals surface area (Å²) in [6, 6.07) is 9.15. The number of hydrogen-bond acceptors (Lipinski definition) is 3. The number of aliphatic carboxylic acids is 1. The zero-order chi connectivity index (χ0) is 13.9. The third-order valence-electron chi connectivity index (χ3n) is 3.96. The Morgan fingerprint density at radius 2 is 2.05 bits per heavy atom. The highest BCUT2D eigenvalue weighted by molar-refractivity contribution is 5.83. The van der Waals surface area contributed by atoms with E-state index in [1.54, 1.807) is 18.2 Å². The second kappa shape index (κ2) is 5.31. The number of nitrogens with one attached hydrogen (secondary N) is 1. The summed E-state index contributed by atoms with van der Waals surface area (Å²) in [6.45, 7) is 2.15. The molecule has 0 heterocycles. The van der Waals surface area contributed by atoms with Crippen LogP contribution in [0.25, 0.3) is 0 Å². The van der Waals surface area contributed by atoms with Crippen LogP contribution in [0, 0.1) is 17.2 Å². The molecular weight excluding hydrogens is 240 g/mol. The molecular formula is C15H18N2O2. The van der Waals surface area contributed by atoms with Crippen molar-refractivity contribution in [2.75, 3.05) is 5.32 Å². The number of rotatable bonds is 3. The molecule has 0 radical (unpaired) electrons. The third-order valence-corrected chi connectivity index (χ3v) is 3.96. The Hall–Kier alpha value is -2.02. The molecule has 0 spiro atoms. The van der Waals surface area contributed by atoms with Gasteiger partial charge >= 0.3 is 5.97 Å². The molecule has 1 aromatic carbocycles. The quantitative estimate of drug-likeness (QED) is 0.874. The van der Waals surface area contributed by atoms with Crippen LogP contribution in [0.4, 0.5) is 5.69 Å². The lowest BCUT2D eigenvalue weighted by atomic mass is 9.77. The van der Waals surface area contributed by atoms with E-state index in [-0.39, 0.29) is 0 Å². The topological polar surface area (TPSA) is 73.1 Å². The Labute approximate surface area is 113 Å². The number of carbonyl (C=O) groups is 1. The van der Waals surface area contributed by atoms with Gasteiger partial charge < -0.3 is 10.4 Å². The largest absolute Gasteiger partial charge is 0.480 e. The van der Waals surface area contributed by atoms with Crippen LogP contribution in [-0.2, 0) is 4.79 Å². The van der Waals surface area contributed by atoms with Crippen molar-refractivity contribution in [1.29, 1.82) is 5.26 Å². The SMILES string of the molecule is CC1CCC(Nc2ccccc2C#N)(C(=O)O)CC1. The first-order chi connectivity index (χ1) is 9.07. The lowest BCUT2D eigenvalue weighted by Gasteiger charge is -2.37. The van der Waals surface area contributed by atoms with Crippen molar-refractivity contribution in [2.24, 2.45) is 5.92 Å². The Morgan fingerprint density at radius 3 is 2.63 bits per heavy atom. The van der Waals surface area contributed by atoms with Crippen molar-refractivity contribution in [3.05, 3.63) is 29.8 Å². The van der Waals surface area contributed by atoms with Crippen LogP contribution in [0.2, 0.25) is 0 Å². The van der Waals surface area contributed by atoms with Gasteiger partial charge in [0.05, 0.1) is 11.3 Å². The van der Waals surface area contributed by atoms with Gasteiger partial charge in [0.1, 0.15) is 11.6 Å². The number of para-hydroxylation sites is 1. The zero-order valence-electron chi connectivity index (χ0n) is 11.0. The van der Waals surface area contributed by atoms with Gasteiger partial charge in [0.25, 0.3) is 0 Å². The fourth-order valence-electron chi connectivity index (χ4n) is 2.59. The molecule has 1 fully saturated rings. The molecule has 19 heavy (non-hydrogen) atoms. The van der Waals surface area contributed by atoms with Gasteiger partial charge in [0.2, 0.25) is 0 Å². The summed E-state index contributed by atoms with van der Waals surface area (Å²) in [5.41, 5.74) is 0.170. The predicted molar refractivity (Wildman–Crippen MR) is 72.8 cm³/mol. The minimum atomic E-state index is -0.931. The normalized spacial score (nSPS) is 26.4. The van der Waals surface area contributed by atoms with Gasteiger partial charge in [-0.15, -0.1) is 0 Å². The summed E-state index contributed by atoms with van der Waals surface area (Å²) in [4.78, 5) is 11.6. The standard InChI is InChI=1S/C15H18N2O2/c1-11-6-8-15(9-7-11,14(18)19)17-13-5-3-2-4-12(13)10-16/h2-5,11,17H,6-9H2,1H3,(H,18,19). The first kappa shape index (κ1) is 13.4. The molecule has 0 aromatic heterocycles. The Morgan fingerprint density at radius 1 is 1.42 bits per heavy atom. The second-order valence-electron chi connectivity index (χ2n) is 5.35. The molecule has 4 nitrogen and oxygen atoms in total. The summed E-state index contributed by atoms with van der Waals surface area (Å²) in [5, 5.41) is 21.7. The molecule has 2 N–H and O–H groups in total. The van der Waals surface area contributed by atoms with Crippen LogP contribution in [0.3, 0.4) is 0 Å². The van der Waals surface area contributed by atoms with Crippen LogP contribution in [0.5, 0.6) is 0 Å². The van der Waals surface area contributed by atoms with Crippen molar-refractivity contribution in [3.8, 4) is 6.07 Å². The van der Waals surface area contributed by atoms with E-state index in [2.05, 4.69) is 18.3 Å². The molecule has 2 rings (SSSR count). The highest BCUT2D eigenvalue weighted by Crippen LogP contribution is 2.35. The molecule has 0 bridgehead atoms. The molecule has 0 unspecified atom stereocenters. The van der Waals surface area contributed by atoms with Gasteiger partial charge in [0, 0.05) is 0 Å². The number of benzene rings is 1. The monoisotopic (exact) mass is 258 g/mol. The maximum Gasteiger partial charge on any atom is 0.329 e. The van der Waals surface area contributed by atoms with E-state index in [9.17, 15) is 9.90 Å². The van der Waals surface area contributed by atoms with Gasteiger partial charge in [-0.2, -0.15) is 5.26 Å². The summed E-state index contributed by atoms with van der Waals surface area (Å²) in [5.74, 6) is -0.257. The summed E-state index contributed by atoms with van der Waals surface area (Å²) in [6.07, 6.45) is 2.99. The summed E-state index contributed by atoms with van der Waals surface area (Å²) in [7, 11) is 0. The number of carboxylic acids is 1. The highest BCUT2D eigenvalue weighted by atomic mass is 16.4. The first-order valence-corrected chi connectivity index (χ1v) is 6.58. The lowest BCUT2D eigenvalue weighted by molar-refractivity contribution is -0.143. The zero-order valence-corrected chi connectivity index (χ0v) is 11.0. The summed E-state index contributed by atoms with van der Waals surface area (Å²) < 4.78 is 0. The van der Waals surface area contributed by atoms with E-state index in [0.717, 1.165) is 12.8 Å². The minimum absolute atomic E-state index is 0.488. The van der Waals surface area contributed by atoms with Gasteiger partial charge in [-0.05, 0) is 43.7 Å². The van der Waals surface area contributed by atoms with E-state index >= 15 is 0 Å². The van der Waals surface area contributed by atoms with Gasteiger partial charge in [-0.3, -0.25) is 0 Å². The van der Waals surface area contributed by atoms with Crippen LogP contribution >= 0.6 is 0 Å². The fraction of sp³-hybridized carbons (Fsp3) is 0.467. The maximum atomic E-state index is 11.6. The minimum Gasteiger partial charge on any atom is -0.480 e. The molecule has 1 aromatic rings. The molecule has 1 aliphatic carbocycles. The van der Waals surface area contributed by atoms with E-state index in [0.29, 0.717) is 30.0 Å². The number of nitrogens with zero attached hydrogens (tertiary/aromatic N) is 1. The first-order valence-electron chi connectivity index (χ1n) is 6.58. The van der Waals surface area contributed by atoms with Crippen molar-refractivity contribution < 1.29 is 9.90 Å². The third kappa shape index (κ3) is 2.70. The number of carboxylic acid groups (broad SMARTS) is 1. The number of nitriles is 1. The van der Waals surface area contributed by atoms with Crippen molar-refractivity contribution in [3.63, 3.8) is 0 Å². The van der Waals surface area contributed by atoms with E-state index in [1.165, 1.54) is 0 Å². The Bertz CT molecular complexity index is 511. The Balaban J connectivity index is 2.27. The highest BCUT2D eigenvalue weighted by Gasteiger charge is 2.41. The average Bonchev–Trinajstić information content (AvgIpc) is 2.42. The summed E-state index contributed by atoms with van der Waals surface area (Å²) >= 11 is 0. The van der Waals surface area contributed by atoms with Gasteiger partial charge in [-0.25, -0.2) is 4.79 Å². The molecule has 4 heteroatoms. The maximum absolute atomic E-state index is 11.6. The molecule has 100 valence electrons. The van der Waals surface area contributed by atoms with Crippen molar-refractivity contribution in [1.82, 2.24) is 0 Å². The predicted octanol–water partition coefficient (Wildman–Crippen LogP) is 3.00. The van der Waals surface area contributed by atoms with Crippen LogP contribution < -0.4 is 5.32 Å². The second-order valence-corrected chi connectivity index (χ2v) is 5.35. The number of hydrogen-bond donors (Lipinski definition) is 2. The molecule has 0 saturated heterocycles. The van der Waals surface area contributed by atoms with Crippen molar-refractivity contribution in [2.45, 2.75) is 38.1 Å². The van der Waals surface area contributed by atoms with Crippen LogP contribution in [0.15, 0.2) is 24.3 Å². The molecule has 1 saturated carbocycles. The lowest BCUT2D eigenvalue weighted by Crippen LogP contribution is -2.49. The van der Waals surface area contributed by atoms with Gasteiger partial charge in [0.15, 0.2) is 0 Å². The van der Waals surface area contributed by atoms with E-state index in [4.69, 9.17) is 5.26 Å². The van der Waals surface area contributed by atoms with Crippen LogP contribution in [-0.4, -0.2) is 16.6 Å². The van der Waals surface area contributed by atoms with Crippen molar-refractivity contribution >= 4 is 11.7 Å². The molecule has 1 aliphatic rings.